The van der Waals surface area contributed by atoms with Crippen molar-refractivity contribution in [2.24, 2.45) is 0 Å². The Morgan fingerprint density at radius 1 is 1.37 bits per heavy atom. The van der Waals surface area contributed by atoms with Gasteiger partial charge in [-0.15, -0.1) is 10.2 Å². The molecule has 0 fully saturated rings. The van der Waals surface area contributed by atoms with Gasteiger partial charge < -0.3 is 9.47 Å². The maximum Gasteiger partial charge on any atom is 0.255 e. The molecule has 5 nitrogen and oxygen atoms in total. The number of carbonyl (C=O) groups excluding carboxylic acids is 1. The van der Waals surface area contributed by atoms with E-state index in [4.69, 9.17) is 0 Å². The van der Waals surface area contributed by atoms with Crippen LogP contribution in [0.3, 0.4) is 0 Å². The molecule has 19 heavy (non-hydrogen) atoms. The Bertz CT molecular complexity index is 642. The Labute approximate surface area is 117 Å². The van der Waals surface area contributed by atoms with Crippen LogP contribution in [0.25, 0.3) is 0 Å². The molecular weight excluding hydrogens is 315 g/mol. The van der Waals surface area contributed by atoms with Crippen LogP contribution < -0.4 is 0 Å². The molecule has 2 heterocycles. The first-order valence-corrected chi connectivity index (χ1v) is 6.55. The van der Waals surface area contributed by atoms with Crippen LogP contribution in [-0.4, -0.2) is 32.1 Å². The second-order valence-corrected chi connectivity index (χ2v) is 5.15. The highest BCUT2D eigenvalue weighted by Crippen LogP contribution is 2.21. The predicted octanol–water partition coefficient (Wildman–Crippen LogP) is 1.84. The summed E-state index contributed by atoms with van der Waals surface area (Å²) in [6.45, 7) is 1.68. The van der Waals surface area contributed by atoms with Crippen molar-refractivity contribution in [1.29, 1.82) is 0 Å². The largest absolute Gasteiger partial charge is 0.329 e. The summed E-state index contributed by atoms with van der Waals surface area (Å²) in [5.41, 5.74) is 0.453. The number of nitrogens with zero attached hydrogens (tertiary/aromatic N) is 4. The first-order valence-electron chi connectivity index (χ1n) is 5.76. The molecule has 7 heteroatoms. The Kier molecular flexibility index (Phi) is 3.06. The van der Waals surface area contributed by atoms with Gasteiger partial charge in [-0.2, -0.15) is 0 Å². The van der Waals surface area contributed by atoms with E-state index in [1.807, 2.05) is 4.57 Å². The van der Waals surface area contributed by atoms with Gasteiger partial charge in [0.2, 0.25) is 0 Å². The van der Waals surface area contributed by atoms with E-state index in [-0.39, 0.29) is 11.7 Å². The van der Waals surface area contributed by atoms with Crippen LogP contribution in [-0.2, 0) is 13.1 Å². The maximum absolute atomic E-state index is 13.0. The zero-order valence-electron chi connectivity index (χ0n) is 9.88. The highest BCUT2D eigenvalue weighted by molar-refractivity contribution is 9.10. The van der Waals surface area contributed by atoms with Gasteiger partial charge in [0.05, 0.1) is 12.1 Å². The SMILES string of the molecule is O=C(c1ccc(F)cc1Br)N1CCn2cnnc2C1. The number of aromatic nitrogens is 3. The smallest absolute Gasteiger partial charge is 0.255 e. The molecule has 0 bridgehead atoms. The summed E-state index contributed by atoms with van der Waals surface area (Å²) in [6.07, 6.45) is 1.66. The van der Waals surface area contributed by atoms with Crippen molar-refractivity contribution in [3.63, 3.8) is 0 Å². The molecule has 1 aromatic heterocycles. The summed E-state index contributed by atoms with van der Waals surface area (Å²) in [6, 6.07) is 4.06. The van der Waals surface area contributed by atoms with Gasteiger partial charge in [-0.3, -0.25) is 4.79 Å². The third kappa shape index (κ3) is 2.25. The second kappa shape index (κ2) is 4.73. The van der Waals surface area contributed by atoms with Crippen molar-refractivity contribution in [3.05, 3.63) is 46.2 Å². The Morgan fingerprint density at radius 2 is 2.21 bits per heavy atom. The normalized spacial score (nSPS) is 14.3. The molecular formula is C12H10BrFN4O. The van der Waals surface area contributed by atoms with Gasteiger partial charge >= 0.3 is 0 Å². The van der Waals surface area contributed by atoms with Crippen molar-refractivity contribution in [2.75, 3.05) is 6.54 Å². The lowest BCUT2D eigenvalue weighted by Gasteiger charge is -2.27. The van der Waals surface area contributed by atoms with Crippen LogP contribution in [0, 0.1) is 5.82 Å². The number of rotatable bonds is 1. The van der Waals surface area contributed by atoms with Crippen molar-refractivity contribution in [1.82, 2.24) is 19.7 Å². The highest BCUT2D eigenvalue weighted by atomic mass is 79.9. The lowest BCUT2D eigenvalue weighted by atomic mass is 10.2. The first-order chi connectivity index (χ1) is 9.15. The molecule has 0 unspecified atom stereocenters. The van der Waals surface area contributed by atoms with E-state index in [9.17, 15) is 9.18 Å². The minimum atomic E-state index is -0.373. The molecule has 1 amide bonds. The fourth-order valence-electron chi connectivity index (χ4n) is 2.07. The standard InChI is InChI=1S/C12H10BrFN4O/c13-10-5-8(14)1-2-9(10)12(19)17-3-4-18-7-15-16-11(18)6-17/h1-2,5,7H,3-4,6H2. The molecule has 1 aliphatic rings. The summed E-state index contributed by atoms with van der Waals surface area (Å²) in [5.74, 6) is 0.251. The van der Waals surface area contributed by atoms with Crippen molar-refractivity contribution >= 4 is 21.8 Å². The van der Waals surface area contributed by atoms with Crippen molar-refractivity contribution in [3.8, 4) is 0 Å². The predicted molar refractivity (Wildman–Crippen MR) is 68.9 cm³/mol. The summed E-state index contributed by atoms with van der Waals surface area (Å²) >= 11 is 3.22. The lowest BCUT2D eigenvalue weighted by molar-refractivity contribution is 0.0706. The summed E-state index contributed by atoms with van der Waals surface area (Å²) in [4.78, 5) is 14.1. The van der Waals surface area contributed by atoms with Gasteiger partial charge in [0.15, 0.2) is 5.82 Å². The molecule has 0 spiro atoms. The average molecular weight is 325 g/mol. The van der Waals surface area contributed by atoms with E-state index in [2.05, 4.69) is 26.1 Å². The van der Waals surface area contributed by atoms with Crippen molar-refractivity contribution < 1.29 is 9.18 Å². The Hall–Kier alpha value is -1.76. The highest BCUT2D eigenvalue weighted by Gasteiger charge is 2.24. The van der Waals surface area contributed by atoms with E-state index >= 15 is 0 Å². The average Bonchev–Trinajstić information content (AvgIpc) is 2.85. The molecule has 1 aliphatic heterocycles. The molecule has 0 radical (unpaired) electrons. The summed E-state index contributed by atoms with van der Waals surface area (Å²) in [7, 11) is 0. The van der Waals surface area contributed by atoms with E-state index < -0.39 is 0 Å². The number of fused-ring (bicyclic) bond motifs is 1. The van der Waals surface area contributed by atoms with E-state index in [0.29, 0.717) is 29.7 Å². The monoisotopic (exact) mass is 324 g/mol. The molecule has 0 aliphatic carbocycles. The Balaban J connectivity index is 1.85. The number of benzene rings is 1. The number of amides is 1. The zero-order valence-corrected chi connectivity index (χ0v) is 11.5. The van der Waals surface area contributed by atoms with Gasteiger partial charge in [-0.1, -0.05) is 0 Å². The number of carbonyl (C=O) groups is 1. The molecule has 0 N–H and O–H groups in total. The third-order valence-electron chi connectivity index (χ3n) is 3.09. The fourth-order valence-corrected chi connectivity index (χ4v) is 2.59. The Morgan fingerprint density at radius 3 is 3.00 bits per heavy atom. The van der Waals surface area contributed by atoms with Crippen LogP contribution >= 0.6 is 15.9 Å². The molecule has 98 valence electrons. The quantitative estimate of drug-likeness (QED) is 0.804. The van der Waals surface area contributed by atoms with Crippen LogP contribution in [0.2, 0.25) is 0 Å². The number of halogens is 2. The van der Waals surface area contributed by atoms with Gasteiger partial charge in [0.25, 0.3) is 5.91 Å². The number of hydrogen-bond donors (Lipinski definition) is 0. The van der Waals surface area contributed by atoms with Crippen LogP contribution in [0.5, 0.6) is 0 Å². The zero-order chi connectivity index (χ0) is 13.4. The van der Waals surface area contributed by atoms with E-state index in [1.165, 1.54) is 18.2 Å². The fraction of sp³-hybridized carbons (Fsp3) is 0.250. The first kappa shape index (κ1) is 12.3. The van der Waals surface area contributed by atoms with Crippen LogP contribution in [0.15, 0.2) is 29.0 Å². The summed E-state index contributed by atoms with van der Waals surface area (Å²) < 4.78 is 15.4. The second-order valence-electron chi connectivity index (χ2n) is 4.29. The lowest BCUT2D eigenvalue weighted by Crippen LogP contribution is -2.38. The molecule has 1 aromatic carbocycles. The van der Waals surface area contributed by atoms with Gasteiger partial charge in [-0.25, -0.2) is 4.39 Å². The van der Waals surface area contributed by atoms with E-state index in [0.717, 1.165) is 5.82 Å². The van der Waals surface area contributed by atoms with Crippen molar-refractivity contribution in [2.45, 2.75) is 13.1 Å². The van der Waals surface area contributed by atoms with Crippen LogP contribution in [0.4, 0.5) is 4.39 Å². The molecule has 0 saturated heterocycles. The minimum absolute atomic E-state index is 0.138. The van der Waals surface area contributed by atoms with Gasteiger partial charge in [0.1, 0.15) is 12.1 Å². The number of hydrogen-bond acceptors (Lipinski definition) is 3. The molecule has 2 aromatic rings. The van der Waals surface area contributed by atoms with Crippen LogP contribution in [0.1, 0.15) is 16.2 Å². The van der Waals surface area contributed by atoms with Gasteiger partial charge in [0, 0.05) is 17.6 Å². The van der Waals surface area contributed by atoms with Gasteiger partial charge in [-0.05, 0) is 34.1 Å². The van der Waals surface area contributed by atoms with E-state index in [1.54, 1.807) is 11.2 Å². The summed E-state index contributed by atoms with van der Waals surface area (Å²) in [5, 5.41) is 7.78. The molecule has 0 saturated carbocycles. The topological polar surface area (TPSA) is 51.0 Å². The molecule has 0 atom stereocenters. The molecule has 3 rings (SSSR count). The third-order valence-corrected chi connectivity index (χ3v) is 3.74. The maximum atomic E-state index is 13.0. The minimum Gasteiger partial charge on any atom is -0.329 e.